The van der Waals surface area contributed by atoms with Crippen LogP contribution in [0.3, 0.4) is 0 Å². The molecule has 2 atom stereocenters. The summed E-state index contributed by atoms with van der Waals surface area (Å²) in [4.78, 5) is 13.4. The third-order valence-electron chi connectivity index (χ3n) is 8.89. The zero-order valence-corrected chi connectivity index (χ0v) is 27.7. The summed E-state index contributed by atoms with van der Waals surface area (Å²) >= 11 is 5.99. The first kappa shape index (κ1) is 31.3. The first-order valence-electron chi connectivity index (χ1n) is 15.5. The highest BCUT2D eigenvalue weighted by atomic mass is 35.5. The summed E-state index contributed by atoms with van der Waals surface area (Å²) in [5.74, 6) is 0.997. The Bertz CT molecular complexity index is 1760. The molecule has 236 valence electrons. The average molecular weight is 646 g/mol. The lowest BCUT2D eigenvalue weighted by Gasteiger charge is -2.38. The number of amides is 2. The number of rotatable bonds is 7. The van der Waals surface area contributed by atoms with Crippen LogP contribution in [0.5, 0.6) is 0 Å². The van der Waals surface area contributed by atoms with Crippen molar-refractivity contribution in [1.29, 1.82) is 0 Å². The second-order valence-corrected chi connectivity index (χ2v) is 15.7. The summed E-state index contributed by atoms with van der Waals surface area (Å²) in [6, 6.07) is 24.0. The fraction of sp³-hybridized carbons (Fsp3) is 0.371. The van der Waals surface area contributed by atoms with E-state index in [1.54, 1.807) is 33.3 Å². The number of halogens is 1. The van der Waals surface area contributed by atoms with Gasteiger partial charge in [0, 0.05) is 34.3 Å². The van der Waals surface area contributed by atoms with Crippen LogP contribution in [0.15, 0.2) is 83.8 Å². The summed E-state index contributed by atoms with van der Waals surface area (Å²) < 4.78 is 30.4. The van der Waals surface area contributed by atoms with E-state index in [0.29, 0.717) is 27.3 Å². The van der Waals surface area contributed by atoms with Gasteiger partial charge in [-0.05, 0) is 99.0 Å². The normalized spacial score (nSPS) is 20.2. The highest BCUT2D eigenvalue weighted by Gasteiger charge is 2.47. The predicted molar refractivity (Wildman–Crippen MR) is 180 cm³/mol. The molecule has 45 heavy (non-hydrogen) atoms. The maximum atomic E-state index is 13.5. The van der Waals surface area contributed by atoms with Gasteiger partial charge in [-0.3, -0.25) is 5.32 Å². The molecular weight excluding hydrogens is 606 g/mol. The number of aromatic nitrogens is 2. The summed E-state index contributed by atoms with van der Waals surface area (Å²) in [7, 11) is -3.55. The first-order valence-corrected chi connectivity index (χ1v) is 17.3. The quantitative estimate of drug-likeness (QED) is 0.213. The highest BCUT2D eigenvalue weighted by Crippen LogP contribution is 2.43. The Morgan fingerprint density at radius 1 is 0.911 bits per heavy atom. The topological polar surface area (TPSA) is 96.3 Å². The number of benzene rings is 3. The van der Waals surface area contributed by atoms with E-state index in [9.17, 15) is 13.2 Å². The van der Waals surface area contributed by atoms with Gasteiger partial charge in [-0.15, -0.1) is 0 Å². The molecule has 2 saturated heterocycles. The number of hydrogen-bond donors (Lipinski definition) is 2. The number of aryl methyl sites for hydroxylation is 1. The van der Waals surface area contributed by atoms with Gasteiger partial charge in [-0.2, -0.15) is 9.40 Å². The van der Waals surface area contributed by atoms with Crippen LogP contribution in [0.25, 0.3) is 5.69 Å². The number of hydrogen-bond acceptors (Lipinski definition) is 4. The number of carbonyl (C=O) groups is 1. The molecule has 3 heterocycles. The Morgan fingerprint density at radius 3 is 2.13 bits per heavy atom. The number of sulfonamides is 1. The minimum Gasteiger partial charge on any atom is -0.308 e. The van der Waals surface area contributed by atoms with E-state index in [0.717, 1.165) is 49.0 Å². The molecule has 1 aromatic heterocycles. The zero-order chi connectivity index (χ0) is 31.9. The predicted octanol–water partition coefficient (Wildman–Crippen LogP) is 7.95. The molecule has 8 nitrogen and oxygen atoms in total. The molecule has 3 aromatic carbocycles. The van der Waals surface area contributed by atoms with Gasteiger partial charge < -0.3 is 5.32 Å². The lowest BCUT2D eigenvalue weighted by Crippen LogP contribution is -2.46. The fourth-order valence-corrected chi connectivity index (χ4v) is 8.61. The molecule has 0 spiro atoms. The van der Waals surface area contributed by atoms with Gasteiger partial charge in [-0.25, -0.2) is 17.9 Å². The lowest BCUT2D eigenvalue weighted by molar-refractivity contribution is 0.190. The van der Waals surface area contributed by atoms with E-state index < -0.39 is 10.0 Å². The van der Waals surface area contributed by atoms with E-state index in [1.807, 2.05) is 61.5 Å². The molecule has 0 radical (unpaired) electrons. The molecule has 6 rings (SSSR count). The number of anilines is 2. The van der Waals surface area contributed by atoms with Crippen LogP contribution in [0.2, 0.25) is 5.02 Å². The summed E-state index contributed by atoms with van der Waals surface area (Å²) in [6.45, 7) is 8.32. The molecule has 2 unspecified atom stereocenters. The number of piperidine rings is 1. The van der Waals surface area contributed by atoms with Crippen LogP contribution in [0, 0.1) is 12.8 Å². The van der Waals surface area contributed by atoms with Gasteiger partial charge in [0.05, 0.1) is 16.3 Å². The Hall–Kier alpha value is -3.66. The first-order chi connectivity index (χ1) is 21.4. The van der Waals surface area contributed by atoms with Crippen molar-refractivity contribution >= 4 is 39.2 Å². The number of nitrogens with one attached hydrogen (secondary N) is 2. The zero-order valence-electron chi connectivity index (χ0n) is 26.1. The maximum Gasteiger partial charge on any atom is 0.324 e. The number of carbonyl (C=O) groups excluding carboxylic acids is 1. The van der Waals surface area contributed by atoms with Gasteiger partial charge in [0.2, 0.25) is 10.0 Å². The van der Waals surface area contributed by atoms with E-state index in [4.69, 9.17) is 16.7 Å². The van der Waals surface area contributed by atoms with Crippen LogP contribution < -0.4 is 10.6 Å². The van der Waals surface area contributed by atoms with Gasteiger partial charge in [0.25, 0.3) is 0 Å². The van der Waals surface area contributed by atoms with Crippen LogP contribution in [0.4, 0.5) is 16.3 Å². The summed E-state index contributed by atoms with van der Waals surface area (Å²) in [6.07, 6.45) is 4.35. The lowest BCUT2D eigenvalue weighted by atomic mass is 9.87. The molecule has 2 aliphatic rings. The van der Waals surface area contributed by atoms with Crippen molar-refractivity contribution in [2.45, 2.75) is 82.2 Å². The van der Waals surface area contributed by atoms with E-state index in [2.05, 4.69) is 31.4 Å². The van der Waals surface area contributed by atoms with Crippen LogP contribution in [0.1, 0.15) is 63.3 Å². The van der Waals surface area contributed by atoms with Gasteiger partial charge >= 0.3 is 6.03 Å². The summed E-state index contributed by atoms with van der Waals surface area (Å²) in [5.41, 5.74) is 4.59. The molecule has 0 aliphatic carbocycles. The molecule has 2 N–H and O–H groups in total. The fourth-order valence-electron chi connectivity index (χ4n) is 6.59. The number of fused-ring (bicyclic) bond motifs is 2. The van der Waals surface area contributed by atoms with Crippen molar-refractivity contribution in [1.82, 2.24) is 14.1 Å². The highest BCUT2D eigenvalue weighted by molar-refractivity contribution is 7.89. The Kier molecular flexibility index (Phi) is 8.54. The van der Waals surface area contributed by atoms with Gasteiger partial charge in [0.15, 0.2) is 0 Å². The van der Waals surface area contributed by atoms with E-state index in [1.165, 1.54) is 5.56 Å². The average Bonchev–Trinajstić information content (AvgIpc) is 3.54. The second kappa shape index (κ2) is 12.3. The molecular formula is C35H40ClN5O3S. The molecule has 2 fully saturated rings. The molecule has 2 bridgehead atoms. The third-order valence-corrected chi connectivity index (χ3v) is 11.2. The largest absolute Gasteiger partial charge is 0.324 e. The monoisotopic (exact) mass is 645 g/mol. The van der Waals surface area contributed by atoms with Crippen LogP contribution >= 0.6 is 11.6 Å². The molecule has 2 aliphatic heterocycles. The van der Waals surface area contributed by atoms with Crippen LogP contribution in [-0.2, 0) is 21.9 Å². The maximum absolute atomic E-state index is 13.5. The molecule has 2 amide bonds. The standard InChI is InChI=1S/C35H40ClN5O3S/c1-23-5-13-28(14-6-23)40-33(22-32(39-40)35(2,3)4)38-34(42)37-27-11-7-24(8-12-27)19-25-20-29-15-16-30(21-25)41(29)45(43,44)31-17-9-26(36)10-18-31/h5-14,17-18,22,25,29-30H,15-16,19-21H2,1-4H3,(H2,37,38,42). The minimum absolute atomic E-state index is 0.0196. The van der Waals surface area contributed by atoms with E-state index in [-0.39, 0.29) is 23.5 Å². The van der Waals surface area contributed by atoms with Crippen LogP contribution in [-0.4, -0.2) is 40.6 Å². The summed E-state index contributed by atoms with van der Waals surface area (Å²) in [5, 5.41) is 11.3. The Morgan fingerprint density at radius 2 is 1.53 bits per heavy atom. The van der Waals surface area contributed by atoms with Crippen molar-refractivity contribution in [2.24, 2.45) is 5.92 Å². The Labute approximate surface area is 270 Å². The van der Waals surface area contributed by atoms with Crippen molar-refractivity contribution in [2.75, 3.05) is 10.6 Å². The van der Waals surface area contributed by atoms with Crippen molar-refractivity contribution in [3.8, 4) is 5.69 Å². The SMILES string of the molecule is Cc1ccc(-n2nc(C(C)(C)C)cc2NC(=O)Nc2ccc(CC3CC4CCC(C3)N4S(=O)(=O)c3ccc(Cl)cc3)cc2)cc1. The number of nitrogens with zero attached hydrogens (tertiary/aromatic N) is 3. The molecule has 4 aromatic rings. The van der Waals surface area contributed by atoms with Crippen molar-refractivity contribution < 1.29 is 13.2 Å². The van der Waals surface area contributed by atoms with Crippen molar-refractivity contribution in [3.63, 3.8) is 0 Å². The number of urea groups is 1. The third kappa shape index (κ3) is 6.81. The van der Waals surface area contributed by atoms with Gasteiger partial charge in [-0.1, -0.05) is 62.2 Å². The van der Waals surface area contributed by atoms with E-state index >= 15 is 0 Å². The smallest absolute Gasteiger partial charge is 0.308 e. The van der Waals surface area contributed by atoms with Crippen molar-refractivity contribution in [3.05, 3.63) is 101 Å². The molecule has 0 saturated carbocycles. The minimum atomic E-state index is -3.55. The van der Waals surface area contributed by atoms with Gasteiger partial charge in [0.1, 0.15) is 5.82 Å². The molecule has 10 heteroatoms. The Balaban J connectivity index is 1.08. The second-order valence-electron chi connectivity index (χ2n) is 13.4.